The summed E-state index contributed by atoms with van der Waals surface area (Å²) < 4.78 is 11.3. The molecule has 0 spiro atoms. The first-order chi connectivity index (χ1) is 9.78. The standard InChI is InChI=1S/C16H26N2O2/c1-18(12-15-3-2-9-19-13-15)8-10-20-16-6-4-14(11-17)5-7-16/h4-7,15H,2-3,8-13,17H2,1H3. The van der Waals surface area contributed by atoms with Gasteiger partial charge in [0.25, 0.3) is 0 Å². The van der Waals surface area contributed by atoms with E-state index in [0.717, 1.165) is 37.6 Å². The van der Waals surface area contributed by atoms with Crippen LogP contribution in [0.1, 0.15) is 18.4 Å². The van der Waals surface area contributed by atoms with Gasteiger partial charge >= 0.3 is 0 Å². The number of benzene rings is 1. The molecule has 1 fully saturated rings. The van der Waals surface area contributed by atoms with Crippen molar-refractivity contribution in [2.24, 2.45) is 11.7 Å². The van der Waals surface area contributed by atoms with Crippen molar-refractivity contribution < 1.29 is 9.47 Å². The van der Waals surface area contributed by atoms with E-state index in [9.17, 15) is 0 Å². The third-order valence-corrected chi connectivity index (χ3v) is 3.73. The molecule has 1 aliphatic rings. The molecule has 1 aliphatic heterocycles. The number of likely N-dealkylation sites (N-methyl/N-ethyl adjacent to an activating group) is 1. The van der Waals surface area contributed by atoms with Crippen LogP contribution in [-0.4, -0.2) is 44.9 Å². The molecule has 1 heterocycles. The average molecular weight is 278 g/mol. The maximum absolute atomic E-state index is 5.75. The predicted molar refractivity (Wildman–Crippen MR) is 80.9 cm³/mol. The third-order valence-electron chi connectivity index (χ3n) is 3.73. The largest absolute Gasteiger partial charge is 0.492 e. The second kappa shape index (κ2) is 8.25. The molecule has 1 aromatic rings. The van der Waals surface area contributed by atoms with E-state index in [1.165, 1.54) is 12.8 Å². The molecular weight excluding hydrogens is 252 g/mol. The van der Waals surface area contributed by atoms with Crippen LogP contribution in [0.5, 0.6) is 5.75 Å². The van der Waals surface area contributed by atoms with E-state index >= 15 is 0 Å². The Morgan fingerprint density at radius 1 is 1.35 bits per heavy atom. The lowest BCUT2D eigenvalue weighted by Gasteiger charge is -2.27. The summed E-state index contributed by atoms with van der Waals surface area (Å²) in [5.41, 5.74) is 6.70. The molecule has 4 nitrogen and oxygen atoms in total. The minimum Gasteiger partial charge on any atom is -0.492 e. The minimum atomic E-state index is 0.576. The van der Waals surface area contributed by atoms with Crippen molar-refractivity contribution in [3.63, 3.8) is 0 Å². The number of hydrogen-bond donors (Lipinski definition) is 1. The Morgan fingerprint density at radius 2 is 2.15 bits per heavy atom. The predicted octanol–water partition coefficient (Wildman–Crippen LogP) is 1.88. The smallest absolute Gasteiger partial charge is 0.119 e. The molecule has 0 saturated carbocycles. The van der Waals surface area contributed by atoms with Crippen molar-refractivity contribution >= 4 is 0 Å². The Labute approximate surface area is 121 Å². The molecule has 0 aliphatic carbocycles. The quantitative estimate of drug-likeness (QED) is 0.827. The highest BCUT2D eigenvalue weighted by molar-refractivity contribution is 5.27. The van der Waals surface area contributed by atoms with Crippen molar-refractivity contribution in [1.82, 2.24) is 4.90 Å². The second-order valence-electron chi connectivity index (χ2n) is 5.54. The van der Waals surface area contributed by atoms with Gasteiger partial charge in [0.05, 0.1) is 6.61 Å². The lowest BCUT2D eigenvalue weighted by atomic mass is 10.0. The lowest BCUT2D eigenvalue weighted by Crippen LogP contribution is -2.33. The molecule has 4 heteroatoms. The third kappa shape index (κ3) is 5.12. The van der Waals surface area contributed by atoms with Gasteiger partial charge in [-0.05, 0) is 43.5 Å². The summed E-state index contributed by atoms with van der Waals surface area (Å²) in [4.78, 5) is 2.33. The van der Waals surface area contributed by atoms with Gasteiger partial charge in [0.15, 0.2) is 0 Å². The van der Waals surface area contributed by atoms with Gasteiger partial charge in [-0.1, -0.05) is 12.1 Å². The molecule has 1 unspecified atom stereocenters. The van der Waals surface area contributed by atoms with Crippen LogP contribution < -0.4 is 10.5 Å². The molecule has 0 aromatic heterocycles. The summed E-state index contributed by atoms with van der Waals surface area (Å²) in [5, 5.41) is 0. The molecule has 0 radical (unpaired) electrons. The number of nitrogens with two attached hydrogens (primary N) is 1. The zero-order chi connectivity index (χ0) is 14.2. The first-order valence-electron chi connectivity index (χ1n) is 7.46. The highest BCUT2D eigenvalue weighted by atomic mass is 16.5. The zero-order valence-corrected chi connectivity index (χ0v) is 12.4. The summed E-state index contributed by atoms with van der Waals surface area (Å²) in [6.07, 6.45) is 2.48. The fourth-order valence-electron chi connectivity index (χ4n) is 2.52. The maximum Gasteiger partial charge on any atom is 0.119 e. The van der Waals surface area contributed by atoms with E-state index in [4.69, 9.17) is 15.2 Å². The van der Waals surface area contributed by atoms with Gasteiger partial charge in [0.2, 0.25) is 0 Å². The van der Waals surface area contributed by atoms with E-state index in [-0.39, 0.29) is 0 Å². The molecular formula is C16H26N2O2. The lowest BCUT2D eigenvalue weighted by molar-refractivity contribution is 0.0405. The maximum atomic E-state index is 5.75. The number of hydrogen-bond acceptors (Lipinski definition) is 4. The zero-order valence-electron chi connectivity index (χ0n) is 12.4. The molecule has 20 heavy (non-hydrogen) atoms. The van der Waals surface area contributed by atoms with Crippen LogP contribution in [0.4, 0.5) is 0 Å². The normalized spacial score (nSPS) is 19.2. The Balaban J connectivity index is 1.63. The highest BCUT2D eigenvalue weighted by Crippen LogP contribution is 2.15. The summed E-state index contributed by atoms with van der Waals surface area (Å²) >= 11 is 0. The molecule has 1 atom stereocenters. The summed E-state index contributed by atoms with van der Waals surface area (Å²) in [5.74, 6) is 1.59. The summed E-state index contributed by atoms with van der Waals surface area (Å²) in [7, 11) is 2.15. The SMILES string of the molecule is CN(CCOc1ccc(CN)cc1)CC1CCCOC1. The van der Waals surface area contributed by atoms with E-state index in [2.05, 4.69) is 11.9 Å². The van der Waals surface area contributed by atoms with Crippen molar-refractivity contribution in [1.29, 1.82) is 0 Å². The average Bonchev–Trinajstić information content (AvgIpc) is 2.49. The van der Waals surface area contributed by atoms with Crippen LogP contribution >= 0.6 is 0 Å². The molecule has 1 saturated heterocycles. The van der Waals surface area contributed by atoms with Crippen molar-refractivity contribution in [2.45, 2.75) is 19.4 Å². The van der Waals surface area contributed by atoms with Gasteiger partial charge in [0, 0.05) is 26.2 Å². The monoisotopic (exact) mass is 278 g/mol. The second-order valence-corrected chi connectivity index (χ2v) is 5.54. The Bertz CT molecular complexity index is 375. The molecule has 2 N–H and O–H groups in total. The number of rotatable bonds is 7. The molecule has 1 aromatic carbocycles. The van der Waals surface area contributed by atoms with Gasteiger partial charge in [-0.15, -0.1) is 0 Å². The van der Waals surface area contributed by atoms with Gasteiger partial charge in [-0.2, -0.15) is 0 Å². The molecule has 0 amide bonds. The van der Waals surface area contributed by atoms with Gasteiger partial charge in [-0.25, -0.2) is 0 Å². The molecule has 112 valence electrons. The van der Waals surface area contributed by atoms with Crippen LogP contribution in [0.15, 0.2) is 24.3 Å². The summed E-state index contributed by atoms with van der Waals surface area (Å²) in [6.45, 7) is 5.16. The van der Waals surface area contributed by atoms with Gasteiger partial charge in [-0.3, -0.25) is 0 Å². The van der Waals surface area contributed by atoms with Crippen LogP contribution in [0.25, 0.3) is 0 Å². The van der Waals surface area contributed by atoms with Crippen molar-refractivity contribution in [3.8, 4) is 5.75 Å². The Kier molecular flexibility index (Phi) is 6.30. The van der Waals surface area contributed by atoms with E-state index in [1.807, 2.05) is 24.3 Å². The van der Waals surface area contributed by atoms with Gasteiger partial charge < -0.3 is 20.1 Å². The minimum absolute atomic E-state index is 0.576. The van der Waals surface area contributed by atoms with Crippen LogP contribution in [0.2, 0.25) is 0 Å². The molecule has 2 rings (SSSR count). The van der Waals surface area contributed by atoms with Crippen LogP contribution in [0, 0.1) is 5.92 Å². The van der Waals surface area contributed by atoms with E-state index in [0.29, 0.717) is 19.1 Å². The fourth-order valence-corrected chi connectivity index (χ4v) is 2.52. The highest BCUT2D eigenvalue weighted by Gasteiger charge is 2.15. The topological polar surface area (TPSA) is 47.7 Å². The Hall–Kier alpha value is -1.10. The number of nitrogens with zero attached hydrogens (tertiary/aromatic N) is 1. The van der Waals surface area contributed by atoms with Crippen LogP contribution in [0.3, 0.4) is 0 Å². The van der Waals surface area contributed by atoms with Gasteiger partial charge in [0.1, 0.15) is 12.4 Å². The van der Waals surface area contributed by atoms with Crippen molar-refractivity contribution in [3.05, 3.63) is 29.8 Å². The van der Waals surface area contributed by atoms with E-state index < -0.39 is 0 Å². The summed E-state index contributed by atoms with van der Waals surface area (Å²) in [6, 6.07) is 7.99. The number of ether oxygens (including phenoxy) is 2. The van der Waals surface area contributed by atoms with Crippen LogP contribution in [-0.2, 0) is 11.3 Å². The Morgan fingerprint density at radius 3 is 2.80 bits per heavy atom. The van der Waals surface area contributed by atoms with Crippen molar-refractivity contribution in [2.75, 3.05) is 40.0 Å². The first-order valence-corrected chi connectivity index (χ1v) is 7.46. The fraction of sp³-hybridized carbons (Fsp3) is 0.625. The molecule has 0 bridgehead atoms. The first kappa shape index (κ1) is 15.3. The van der Waals surface area contributed by atoms with E-state index in [1.54, 1.807) is 0 Å².